The van der Waals surface area contributed by atoms with E-state index in [1.807, 2.05) is 0 Å². The average Bonchev–Trinajstić information content (AvgIpc) is 3.16. The summed E-state index contributed by atoms with van der Waals surface area (Å²) in [5.41, 5.74) is -0.362. The molecule has 0 radical (unpaired) electrons. The smallest absolute Gasteiger partial charge is 0.329 e. The molecule has 9 heteroatoms. The second-order valence-corrected chi connectivity index (χ2v) is 7.31. The summed E-state index contributed by atoms with van der Waals surface area (Å²) >= 11 is 1.22. The second-order valence-electron chi connectivity index (χ2n) is 6.36. The molecule has 2 rings (SSSR count). The zero-order valence-corrected chi connectivity index (χ0v) is 16.3. The molecule has 2 N–H and O–H groups in total. The molecule has 2 aromatic rings. The van der Waals surface area contributed by atoms with Gasteiger partial charge >= 0.3 is 5.97 Å². The van der Waals surface area contributed by atoms with Crippen LogP contribution in [0.15, 0.2) is 35.7 Å². The molecule has 0 bridgehead atoms. The number of anilines is 1. The molecular formula is C19H20F2N2O4S. The van der Waals surface area contributed by atoms with Crippen molar-refractivity contribution in [2.45, 2.75) is 32.9 Å². The molecule has 0 aliphatic carbocycles. The number of esters is 1. The summed E-state index contributed by atoms with van der Waals surface area (Å²) in [6.45, 7) is 4.73. The first-order chi connectivity index (χ1) is 13.2. The number of carbonyl (C=O) groups is 3. The van der Waals surface area contributed by atoms with E-state index >= 15 is 0 Å². The number of halogens is 2. The van der Waals surface area contributed by atoms with E-state index in [4.69, 9.17) is 4.74 Å². The highest BCUT2D eigenvalue weighted by Crippen LogP contribution is 2.16. The fraction of sp³-hybridized carbons (Fsp3) is 0.316. The number of nitrogens with one attached hydrogen (secondary N) is 2. The van der Waals surface area contributed by atoms with E-state index in [1.54, 1.807) is 31.4 Å². The lowest BCUT2D eigenvalue weighted by molar-refractivity contribution is -0.156. The van der Waals surface area contributed by atoms with Crippen LogP contribution in [0.1, 0.15) is 30.4 Å². The molecule has 6 nitrogen and oxygen atoms in total. The Balaban J connectivity index is 2.00. The highest BCUT2D eigenvalue weighted by molar-refractivity contribution is 7.12. The first kappa shape index (κ1) is 21.5. The van der Waals surface area contributed by atoms with Gasteiger partial charge in [-0.25, -0.2) is 13.6 Å². The van der Waals surface area contributed by atoms with Crippen molar-refractivity contribution in [3.63, 3.8) is 0 Å². The molecule has 0 fully saturated rings. The van der Waals surface area contributed by atoms with Gasteiger partial charge in [0.25, 0.3) is 11.8 Å². The number of amides is 2. The van der Waals surface area contributed by atoms with Gasteiger partial charge in [0.15, 0.2) is 6.10 Å². The van der Waals surface area contributed by atoms with Crippen LogP contribution in [0.5, 0.6) is 0 Å². The highest BCUT2D eigenvalue weighted by atomic mass is 32.1. The SMILES string of the molecule is CC(C)[C@@H](NC(=O)c1cccs1)C(=O)O[C@@H](C)C(=O)Nc1cc(F)ccc1F. The number of hydrogen-bond donors (Lipinski definition) is 2. The summed E-state index contributed by atoms with van der Waals surface area (Å²) in [5.74, 6) is -3.90. The van der Waals surface area contributed by atoms with Crippen LogP contribution >= 0.6 is 11.3 Å². The maximum Gasteiger partial charge on any atom is 0.329 e. The van der Waals surface area contributed by atoms with Crippen LogP contribution in [0.4, 0.5) is 14.5 Å². The van der Waals surface area contributed by atoms with Crippen molar-refractivity contribution >= 4 is 34.8 Å². The van der Waals surface area contributed by atoms with Gasteiger partial charge in [-0.3, -0.25) is 9.59 Å². The Morgan fingerprint density at radius 1 is 1.11 bits per heavy atom. The Kier molecular flexibility index (Phi) is 7.22. The lowest BCUT2D eigenvalue weighted by atomic mass is 10.0. The molecule has 0 aliphatic rings. The van der Waals surface area contributed by atoms with Gasteiger partial charge < -0.3 is 15.4 Å². The fourth-order valence-corrected chi connectivity index (χ4v) is 2.87. The van der Waals surface area contributed by atoms with E-state index in [9.17, 15) is 23.2 Å². The fourth-order valence-electron chi connectivity index (χ4n) is 2.25. The van der Waals surface area contributed by atoms with Crippen molar-refractivity contribution < 1.29 is 27.9 Å². The van der Waals surface area contributed by atoms with Crippen LogP contribution in [-0.2, 0) is 14.3 Å². The van der Waals surface area contributed by atoms with Crippen LogP contribution in [0, 0.1) is 17.6 Å². The quantitative estimate of drug-likeness (QED) is 0.686. The van der Waals surface area contributed by atoms with Crippen molar-refractivity contribution in [2.75, 3.05) is 5.32 Å². The first-order valence-corrected chi connectivity index (χ1v) is 9.37. The highest BCUT2D eigenvalue weighted by Gasteiger charge is 2.29. The predicted molar refractivity (Wildman–Crippen MR) is 101 cm³/mol. The third kappa shape index (κ3) is 5.59. The van der Waals surface area contributed by atoms with Crippen LogP contribution in [-0.4, -0.2) is 29.9 Å². The van der Waals surface area contributed by atoms with Gasteiger partial charge in [0.2, 0.25) is 0 Å². The zero-order chi connectivity index (χ0) is 20.8. The van der Waals surface area contributed by atoms with Gasteiger partial charge in [0.1, 0.15) is 17.7 Å². The molecule has 1 aromatic carbocycles. The molecule has 0 unspecified atom stereocenters. The molecule has 0 aliphatic heterocycles. The minimum absolute atomic E-state index is 0.299. The topological polar surface area (TPSA) is 84.5 Å². The monoisotopic (exact) mass is 410 g/mol. The minimum Gasteiger partial charge on any atom is -0.451 e. The first-order valence-electron chi connectivity index (χ1n) is 8.49. The summed E-state index contributed by atoms with van der Waals surface area (Å²) in [5, 5.41) is 6.49. The number of hydrogen-bond acceptors (Lipinski definition) is 5. The molecule has 28 heavy (non-hydrogen) atoms. The van der Waals surface area contributed by atoms with Crippen LogP contribution < -0.4 is 10.6 Å². The molecular weight excluding hydrogens is 390 g/mol. The lowest BCUT2D eigenvalue weighted by Gasteiger charge is -2.22. The number of benzene rings is 1. The number of rotatable bonds is 7. The van der Waals surface area contributed by atoms with E-state index in [-0.39, 0.29) is 11.6 Å². The maximum atomic E-state index is 13.6. The molecule has 1 aromatic heterocycles. The second kappa shape index (κ2) is 9.41. The summed E-state index contributed by atoms with van der Waals surface area (Å²) in [4.78, 5) is 37.2. The van der Waals surface area contributed by atoms with E-state index in [0.29, 0.717) is 4.88 Å². The summed E-state index contributed by atoms with van der Waals surface area (Å²) in [6, 6.07) is 4.96. The number of carbonyl (C=O) groups excluding carboxylic acids is 3. The van der Waals surface area contributed by atoms with Gasteiger partial charge in [-0.15, -0.1) is 11.3 Å². The van der Waals surface area contributed by atoms with Crippen LogP contribution in [0.25, 0.3) is 0 Å². The van der Waals surface area contributed by atoms with Crippen molar-refractivity contribution in [1.29, 1.82) is 0 Å². The standard InChI is InChI=1S/C19H20F2N2O4S/c1-10(2)16(23-18(25)15-5-4-8-28-15)19(26)27-11(3)17(24)22-14-9-12(20)6-7-13(14)21/h4-11,16H,1-3H3,(H,22,24)(H,23,25)/t11-,16+/m0/s1. The van der Waals surface area contributed by atoms with Gasteiger partial charge in [0, 0.05) is 6.07 Å². The Morgan fingerprint density at radius 3 is 2.43 bits per heavy atom. The molecule has 0 spiro atoms. The Labute approximate surface area is 164 Å². The lowest BCUT2D eigenvalue weighted by Crippen LogP contribution is -2.47. The van der Waals surface area contributed by atoms with Gasteiger partial charge in [0.05, 0.1) is 10.6 Å². The zero-order valence-electron chi connectivity index (χ0n) is 15.5. The molecule has 2 atom stereocenters. The van der Waals surface area contributed by atoms with Crippen LogP contribution in [0.3, 0.4) is 0 Å². The number of ether oxygens (including phenoxy) is 1. The van der Waals surface area contributed by atoms with E-state index in [2.05, 4.69) is 10.6 Å². The number of thiophene rings is 1. The summed E-state index contributed by atoms with van der Waals surface area (Å²) < 4.78 is 31.9. The van der Waals surface area contributed by atoms with Crippen molar-refractivity contribution in [3.05, 3.63) is 52.2 Å². The Bertz CT molecular complexity index is 856. The third-order valence-electron chi connectivity index (χ3n) is 3.80. The van der Waals surface area contributed by atoms with Gasteiger partial charge in [-0.2, -0.15) is 0 Å². The molecule has 1 heterocycles. The molecule has 0 saturated heterocycles. The average molecular weight is 410 g/mol. The van der Waals surface area contributed by atoms with Gasteiger partial charge in [-0.05, 0) is 36.4 Å². The van der Waals surface area contributed by atoms with Gasteiger partial charge in [-0.1, -0.05) is 19.9 Å². The van der Waals surface area contributed by atoms with Crippen LogP contribution in [0.2, 0.25) is 0 Å². The van der Waals surface area contributed by atoms with Crippen molar-refractivity contribution in [1.82, 2.24) is 5.32 Å². The normalized spacial score (nSPS) is 12.9. The largest absolute Gasteiger partial charge is 0.451 e. The summed E-state index contributed by atoms with van der Waals surface area (Å²) in [6.07, 6.45) is -1.28. The maximum absolute atomic E-state index is 13.6. The Morgan fingerprint density at radius 2 is 1.82 bits per heavy atom. The van der Waals surface area contributed by atoms with E-state index < -0.39 is 41.6 Å². The molecule has 2 amide bonds. The summed E-state index contributed by atoms with van der Waals surface area (Å²) in [7, 11) is 0. The van der Waals surface area contributed by atoms with Crippen molar-refractivity contribution in [2.24, 2.45) is 5.92 Å². The third-order valence-corrected chi connectivity index (χ3v) is 4.67. The minimum atomic E-state index is -1.28. The Hall–Kier alpha value is -2.81. The van der Waals surface area contributed by atoms with Crippen molar-refractivity contribution in [3.8, 4) is 0 Å². The predicted octanol–water partition coefficient (Wildman–Crippen LogP) is 3.35. The molecule has 0 saturated carbocycles. The van der Waals surface area contributed by atoms with E-state index in [0.717, 1.165) is 18.2 Å². The van der Waals surface area contributed by atoms with E-state index in [1.165, 1.54) is 18.3 Å². The molecule has 150 valence electrons.